The number of ether oxygens (including phenoxy) is 1. The van der Waals surface area contributed by atoms with Gasteiger partial charge < -0.3 is 20.2 Å². The van der Waals surface area contributed by atoms with Crippen LogP contribution in [0, 0.1) is 0 Å². The average molecular weight is 413 g/mol. The van der Waals surface area contributed by atoms with Crippen LogP contribution in [0.5, 0.6) is 5.75 Å². The molecule has 0 amide bonds. The molecule has 22 heavy (non-hydrogen) atoms. The minimum atomic E-state index is 0. The molecule has 0 spiro atoms. The third-order valence-electron chi connectivity index (χ3n) is 3.50. The maximum atomic E-state index is 5.97. The molecule has 1 aliphatic heterocycles. The van der Waals surface area contributed by atoms with E-state index in [1.807, 2.05) is 30.3 Å². The molecule has 0 aliphatic carbocycles. The summed E-state index contributed by atoms with van der Waals surface area (Å²) in [4.78, 5) is 4.35. The number of nitrogens with two attached hydrogens (primary N) is 1. The zero-order valence-electron chi connectivity index (χ0n) is 12.2. The van der Waals surface area contributed by atoms with E-state index in [0.717, 1.165) is 29.9 Å². The minimum Gasteiger partial charge on any atom is -0.493 e. The lowest BCUT2D eigenvalue weighted by atomic mass is 10.0. The number of halogens is 1. The van der Waals surface area contributed by atoms with Crippen molar-refractivity contribution in [2.45, 2.75) is 18.9 Å². The molecule has 0 fully saturated rings. The van der Waals surface area contributed by atoms with Crippen LogP contribution in [-0.2, 0) is 6.42 Å². The number of furan rings is 1. The van der Waals surface area contributed by atoms with E-state index in [4.69, 9.17) is 14.9 Å². The van der Waals surface area contributed by atoms with E-state index >= 15 is 0 Å². The number of nitrogens with zero attached hydrogens (tertiary/aromatic N) is 1. The Hall–Kier alpha value is -1.70. The largest absolute Gasteiger partial charge is 0.493 e. The predicted molar refractivity (Wildman–Crippen MR) is 96.7 cm³/mol. The number of aliphatic imine (C=N–C) groups is 1. The second kappa shape index (κ2) is 8.07. The summed E-state index contributed by atoms with van der Waals surface area (Å²) < 4.78 is 10.9. The Morgan fingerprint density at radius 2 is 2.14 bits per heavy atom. The van der Waals surface area contributed by atoms with E-state index in [0.29, 0.717) is 19.1 Å². The van der Waals surface area contributed by atoms with Gasteiger partial charge in [0.2, 0.25) is 0 Å². The molecule has 0 saturated heterocycles. The maximum absolute atomic E-state index is 5.97. The highest BCUT2D eigenvalue weighted by Crippen LogP contribution is 2.31. The van der Waals surface area contributed by atoms with E-state index in [9.17, 15) is 0 Å². The van der Waals surface area contributed by atoms with Gasteiger partial charge in [0.25, 0.3) is 0 Å². The molecule has 0 bridgehead atoms. The number of rotatable bonds is 4. The van der Waals surface area contributed by atoms with E-state index in [-0.39, 0.29) is 30.0 Å². The SMILES string of the molecule is I.NC(=NCCc1ccco1)NC1CCOc2ccccc21. The number of benzene rings is 1. The molecule has 5 nitrogen and oxygen atoms in total. The van der Waals surface area contributed by atoms with Crippen LogP contribution >= 0.6 is 24.0 Å². The monoisotopic (exact) mass is 413 g/mol. The topological polar surface area (TPSA) is 72.8 Å². The minimum absolute atomic E-state index is 0. The van der Waals surface area contributed by atoms with Crippen LogP contribution in [0.3, 0.4) is 0 Å². The lowest BCUT2D eigenvalue weighted by Gasteiger charge is -2.26. The molecule has 1 aliphatic rings. The van der Waals surface area contributed by atoms with Crippen molar-refractivity contribution < 1.29 is 9.15 Å². The predicted octanol–water partition coefficient (Wildman–Crippen LogP) is 2.87. The molecule has 0 saturated carbocycles. The molecule has 0 radical (unpaired) electrons. The first-order valence-electron chi connectivity index (χ1n) is 7.13. The van der Waals surface area contributed by atoms with Gasteiger partial charge in [0.1, 0.15) is 11.5 Å². The van der Waals surface area contributed by atoms with Crippen molar-refractivity contribution in [3.63, 3.8) is 0 Å². The smallest absolute Gasteiger partial charge is 0.189 e. The fraction of sp³-hybridized carbons (Fsp3) is 0.312. The van der Waals surface area contributed by atoms with Crippen molar-refractivity contribution in [2.75, 3.05) is 13.2 Å². The Kier molecular flexibility index (Phi) is 6.11. The van der Waals surface area contributed by atoms with Gasteiger partial charge in [-0.2, -0.15) is 0 Å². The summed E-state index contributed by atoms with van der Waals surface area (Å²) in [5.41, 5.74) is 7.10. The molecule has 3 rings (SSSR count). The Labute approximate surface area is 147 Å². The zero-order valence-corrected chi connectivity index (χ0v) is 14.5. The lowest BCUT2D eigenvalue weighted by molar-refractivity contribution is 0.262. The molecule has 1 atom stereocenters. The van der Waals surface area contributed by atoms with Gasteiger partial charge >= 0.3 is 0 Å². The number of guanidine groups is 1. The van der Waals surface area contributed by atoms with Gasteiger partial charge in [-0.25, -0.2) is 0 Å². The van der Waals surface area contributed by atoms with Gasteiger partial charge in [0.05, 0.1) is 18.9 Å². The molecule has 3 N–H and O–H groups in total. The van der Waals surface area contributed by atoms with Crippen molar-refractivity contribution in [2.24, 2.45) is 10.7 Å². The quantitative estimate of drug-likeness (QED) is 0.460. The summed E-state index contributed by atoms with van der Waals surface area (Å²) in [6.45, 7) is 1.30. The van der Waals surface area contributed by atoms with Crippen LogP contribution in [0.15, 0.2) is 52.1 Å². The van der Waals surface area contributed by atoms with Gasteiger partial charge in [-0.3, -0.25) is 4.99 Å². The standard InChI is InChI=1S/C16H19N3O2.HI/c17-16(18-9-7-12-4-3-10-20-12)19-14-8-11-21-15-6-2-1-5-13(14)15;/h1-6,10,14H,7-9,11H2,(H3,17,18,19);1H. The molecule has 118 valence electrons. The molecule has 6 heteroatoms. The van der Waals surface area contributed by atoms with Gasteiger partial charge in [-0.05, 0) is 18.2 Å². The summed E-state index contributed by atoms with van der Waals surface area (Å²) in [5.74, 6) is 2.30. The maximum Gasteiger partial charge on any atom is 0.189 e. The summed E-state index contributed by atoms with van der Waals surface area (Å²) in [5, 5.41) is 3.27. The van der Waals surface area contributed by atoms with Crippen LogP contribution in [-0.4, -0.2) is 19.1 Å². The average Bonchev–Trinajstić information content (AvgIpc) is 3.01. The molecule has 1 aromatic heterocycles. The third-order valence-corrected chi connectivity index (χ3v) is 3.50. The Morgan fingerprint density at radius 3 is 2.95 bits per heavy atom. The van der Waals surface area contributed by atoms with E-state index < -0.39 is 0 Å². The lowest BCUT2D eigenvalue weighted by Crippen LogP contribution is -2.37. The molecule has 2 heterocycles. The molecular formula is C16H20IN3O2. The number of fused-ring (bicyclic) bond motifs is 1. The highest BCUT2D eigenvalue weighted by atomic mass is 127. The Morgan fingerprint density at radius 1 is 1.27 bits per heavy atom. The first-order chi connectivity index (χ1) is 10.3. The summed E-state index contributed by atoms with van der Waals surface area (Å²) >= 11 is 0. The van der Waals surface area contributed by atoms with Crippen LogP contribution in [0.25, 0.3) is 0 Å². The van der Waals surface area contributed by atoms with E-state index in [2.05, 4.69) is 16.4 Å². The van der Waals surface area contributed by atoms with Gasteiger partial charge in [0.15, 0.2) is 5.96 Å². The van der Waals surface area contributed by atoms with Crippen LogP contribution in [0.1, 0.15) is 23.8 Å². The van der Waals surface area contributed by atoms with Gasteiger partial charge in [-0.1, -0.05) is 18.2 Å². The number of nitrogens with one attached hydrogen (secondary N) is 1. The molecule has 2 aromatic rings. The number of para-hydroxylation sites is 1. The fourth-order valence-corrected chi connectivity index (χ4v) is 2.46. The van der Waals surface area contributed by atoms with Crippen molar-refractivity contribution in [3.8, 4) is 5.75 Å². The summed E-state index contributed by atoms with van der Waals surface area (Å²) in [7, 11) is 0. The number of hydrogen-bond donors (Lipinski definition) is 2. The summed E-state index contributed by atoms with van der Waals surface area (Å²) in [6.07, 6.45) is 3.30. The number of hydrogen-bond acceptors (Lipinski definition) is 3. The fourth-order valence-electron chi connectivity index (χ4n) is 2.46. The van der Waals surface area contributed by atoms with Crippen molar-refractivity contribution in [1.29, 1.82) is 0 Å². The third kappa shape index (κ3) is 4.16. The van der Waals surface area contributed by atoms with Crippen LogP contribution in [0.2, 0.25) is 0 Å². The summed E-state index contributed by atoms with van der Waals surface area (Å²) in [6, 6.07) is 12.0. The van der Waals surface area contributed by atoms with Gasteiger partial charge in [-0.15, -0.1) is 24.0 Å². The first-order valence-corrected chi connectivity index (χ1v) is 7.13. The van der Waals surface area contributed by atoms with E-state index in [1.165, 1.54) is 0 Å². The second-order valence-electron chi connectivity index (χ2n) is 4.97. The molecule has 1 aromatic carbocycles. The zero-order chi connectivity index (χ0) is 14.5. The van der Waals surface area contributed by atoms with Crippen LogP contribution < -0.4 is 15.8 Å². The highest BCUT2D eigenvalue weighted by molar-refractivity contribution is 14.0. The first kappa shape index (κ1) is 16.7. The van der Waals surface area contributed by atoms with E-state index in [1.54, 1.807) is 6.26 Å². The van der Waals surface area contributed by atoms with Crippen molar-refractivity contribution >= 4 is 29.9 Å². The molecule has 1 unspecified atom stereocenters. The Bertz CT molecular complexity index is 614. The van der Waals surface area contributed by atoms with Crippen molar-refractivity contribution in [1.82, 2.24) is 5.32 Å². The van der Waals surface area contributed by atoms with Crippen LogP contribution in [0.4, 0.5) is 0 Å². The molecular weight excluding hydrogens is 393 g/mol. The second-order valence-corrected chi connectivity index (χ2v) is 4.97. The Balaban J connectivity index is 0.00000176. The van der Waals surface area contributed by atoms with Gasteiger partial charge in [0, 0.05) is 24.9 Å². The highest BCUT2D eigenvalue weighted by Gasteiger charge is 2.21. The van der Waals surface area contributed by atoms with Crippen molar-refractivity contribution in [3.05, 3.63) is 54.0 Å². The normalized spacial score (nSPS) is 17.1.